The number of imidazole rings is 1. The van der Waals surface area contributed by atoms with Gasteiger partial charge in [-0.05, 0) is 18.7 Å². The SMILES string of the molecule is CCc1nccn1-c1ccccc1CNC. The quantitative estimate of drug-likeness (QED) is 0.847. The van der Waals surface area contributed by atoms with E-state index in [4.69, 9.17) is 0 Å². The monoisotopic (exact) mass is 215 g/mol. The number of aryl methyl sites for hydroxylation is 1. The summed E-state index contributed by atoms with van der Waals surface area (Å²) < 4.78 is 2.16. The normalized spacial score (nSPS) is 10.6. The molecule has 1 heterocycles. The second-order valence-corrected chi connectivity index (χ2v) is 3.73. The molecule has 0 fully saturated rings. The maximum Gasteiger partial charge on any atom is 0.112 e. The predicted molar refractivity (Wildman–Crippen MR) is 65.7 cm³/mol. The Morgan fingerprint density at radius 2 is 2.12 bits per heavy atom. The molecule has 0 aliphatic heterocycles. The molecule has 0 aliphatic carbocycles. The molecule has 1 aromatic heterocycles. The molecule has 0 aliphatic rings. The van der Waals surface area contributed by atoms with Gasteiger partial charge in [0.1, 0.15) is 5.82 Å². The zero-order chi connectivity index (χ0) is 11.4. The molecule has 16 heavy (non-hydrogen) atoms. The Kier molecular flexibility index (Phi) is 3.37. The van der Waals surface area contributed by atoms with E-state index in [0.717, 1.165) is 18.8 Å². The molecule has 3 heteroatoms. The Labute approximate surface area is 96.1 Å². The summed E-state index contributed by atoms with van der Waals surface area (Å²) >= 11 is 0. The van der Waals surface area contributed by atoms with Gasteiger partial charge in [-0.15, -0.1) is 0 Å². The largest absolute Gasteiger partial charge is 0.316 e. The summed E-state index contributed by atoms with van der Waals surface area (Å²) in [5.74, 6) is 1.10. The van der Waals surface area contributed by atoms with Crippen LogP contribution in [0.2, 0.25) is 0 Å². The third-order valence-electron chi connectivity index (χ3n) is 2.65. The minimum Gasteiger partial charge on any atom is -0.316 e. The average Bonchev–Trinajstić information content (AvgIpc) is 2.78. The van der Waals surface area contributed by atoms with Crippen LogP contribution in [0.3, 0.4) is 0 Å². The highest BCUT2D eigenvalue weighted by Crippen LogP contribution is 2.16. The molecule has 3 nitrogen and oxygen atoms in total. The van der Waals surface area contributed by atoms with E-state index in [1.807, 2.05) is 19.4 Å². The first-order chi connectivity index (χ1) is 7.86. The molecule has 0 saturated carbocycles. The lowest BCUT2D eigenvalue weighted by Crippen LogP contribution is -2.09. The fourth-order valence-electron chi connectivity index (χ4n) is 1.90. The van der Waals surface area contributed by atoms with Crippen LogP contribution in [0.1, 0.15) is 18.3 Å². The van der Waals surface area contributed by atoms with Gasteiger partial charge in [0.25, 0.3) is 0 Å². The van der Waals surface area contributed by atoms with Crippen LogP contribution in [-0.2, 0) is 13.0 Å². The molecule has 2 rings (SSSR count). The Morgan fingerprint density at radius 3 is 2.88 bits per heavy atom. The molecule has 0 unspecified atom stereocenters. The summed E-state index contributed by atoms with van der Waals surface area (Å²) in [6.45, 7) is 3.00. The number of aromatic nitrogens is 2. The van der Waals surface area contributed by atoms with Crippen molar-refractivity contribution in [2.75, 3.05) is 7.05 Å². The van der Waals surface area contributed by atoms with Gasteiger partial charge in [0.2, 0.25) is 0 Å². The number of nitrogens with zero attached hydrogens (tertiary/aromatic N) is 2. The van der Waals surface area contributed by atoms with Gasteiger partial charge in [-0.25, -0.2) is 4.98 Å². The molecule has 0 amide bonds. The second-order valence-electron chi connectivity index (χ2n) is 3.73. The third-order valence-corrected chi connectivity index (χ3v) is 2.65. The maximum absolute atomic E-state index is 4.35. The lowest BCUT2D eigenvalue weighted by molar-refractivity contribution is 0.798. The smallest absolute Gasteiger partial charge is 0.112 e. The van der Waals surface area contributed by atoms with Gasteiger partial charge in [-0.2, -0.15) is 0 Å². The van der Waals surface area contributed by atoms with Crippen molar-refractivity contribution >= 4 is 0 Å². The fourth-order valence-corrected chi connectivity index (χ4v) is 1.90. The zero-order valence-corrected chi connectivity index (χ0v) is 9.77. The van der Waals surface area contributed by atoms with Crippen LogP contribution < -0.4 is 5.32 Å². The van der Waals surface area contributed by atoms with Crippen LogP contribution >= 0.6 is 0 Å². The summed E-state index contributed by atoms with van der Waals surface area (Å²) in [6, 6.07) is 8.41. The van der Waals surface area contributed by atoms with E-state index in [2.05, 4.69) is 46.1 Å². The van der Waals surface area contributed by atoms with Crippen molar-refractivity contribution in [2.24, 2.45) is 0 Å². The van der Waals surface area contributed by atoms with Crippen molar-refractivity contribution < 1.29 is 0 Å². The standard InChI is InChI=1S/C13H17N3/c1-3-13-15-8-9-16(13)12-7-5-4-6-11(12)10-14-2/h4-9,14H,3,10H2,1-2H3. The molecular formula is C13H17N3. The Morgan fingerprint density at radius 1 is 1.31 bits per heavy atom. The molecule has 84 valence electrons. The van der Waals surface area contributed by atoms with E-state index in [0.29, 0.717) is 0 Å². The van der Waals surface area contributed by atoms with Gasteiger partial charge in [0.15, 0.2) is 0 Å². The van der Waals surface area contributed by atoms with Crippen LogP contribution in [0, 0.1) is 0 Å². The molecule has 0 saturated heterocycles. The highest BCUT2D eigenvalue weighted by Gasteiger charge is 2.06. The van der Waals surface area contributed by atoms with Crippen molar-refractivity contribution in [1.82, 2.24) is 14.9 Å². The molecule has 0 spiro atoms. The van der Waals surface area contributed by atoms with E-state index in [1.165, 1.54) is 11.3 Å². The number of rotatable bonds is 4. The van der Waals surface area contributed by atoms with E-state index in [9.17, 15) is 0 Å². The first-order valence-corrected chi connectivity index (χ1v) is 5.62. The van der Waals surface area contributed by atoms with Crippen molar-refractivity contribution in [1.29, 1.82) is 0 Å². The van der Waals surface area contributed by atoms with Crippen LogP contribution in [-0.4, -0.2) is 16.6 Å². The first-order valence-electron chi connectivity index (χ1n) is 5.62. The Bertz CT molecular complexity index is 460. The molecule has 0 radical (unpaired) electrons. The highest BCUT2D eigenvalue weighted by atomic mass is 15.1. The van der Waals surface area contributed by atoms with Crippen molar-refractivity contribution in [3.05, 3.63) is 48.0 Å². The number of nitrogens with one attached hydrogen (secondary N) is 1. The number of para-hydroxylation sites is 1. The summed E-state index contributed by atoms with van der Waals surface area (Å²) in [5.41, 5.74) is 2.50. The number of benzene rings is 1. The topological polar surface area (TPSA) is 29.9 Å². The van der Waals surface area contributed by atoms with Crippen molar-refractivity contribution in [2.45, 2.75) is 19.9 Å². The Balaban J connectivity index is 2.46. The first kappa shape index (κ1) is 10.9. The minimum atomic E-state index is 0.873. The lowest BCUT2D eigenvalue weighted by Gasteiger charge is -2.12. The third kappa shape index (κ3) is 1.99. The highest BCUT2D eigenvalue weighted by molar-refractivity contribution is 5.42. The van der Waals surface area contributed by atoms with Crippen molar-refractivity contribution in [3.63, 3.8) is 0 Å². The van der Waals surface area contributed by atoms with Crippen LogP contribution in [0.5, 0.6) is 0 Å². The molecular weight excluding hydrogens is 198 g/mol. The van der Waals surface area contributed by atoms with Gasteiger partial charge in [0.05, 0.1) is 5.69 Å². The summed E-state index contributed by atoms with van der Waals surface area (Å²) in [4.78, 5) is 4.35. The molecule has 1 N–H and O–H groups in total. The maximum atomic E-state index is 4.35. The summed E-state index contributed by atoms with van der Waals surface area (Å²) in [6.07, 6.45) is 4.82. The minimum absolute atomic E-state index is 0.873. The van der Waals surface area contributed by atoms with Gasteiger partial charge in [-0.1, -0.05) is 25.1 Å². The van der Waals surface area contributed by atoms with Crippen molar-refractivity contribution in [3.8, 4) is 5.69 Å². The molecule has 0 atom stereocenters. The zero-order valence-electron chi connectivity index (χ0n) is 9.77. The average molecular weight is 215 g/mol. The van der Waals surface area contributed by atoms with E-state index < -0.39 is 0 Å². The summed E-state index contributed by atoms with van der Waals surface area (Å²) in [7, 11) is 1.96. The molecule has 0 bridgehead atoms. The van der Waals surface area contributed by atoms with Crippen LogP contribution in [0.4, 0.5) is 0 Å². The summed E-state index contributed by atoms with van der Waals surface area (Å²) in [5, 5.41) is 3.19. The van der Waals surface area contributed by atoms with E-state index in [1.54, 1.807) is 0 Å². The Hall–Kier alpha value is -1.61. The van der Waals surface area contributed by atoms with Gasteiger partial charge in [0, 0.05) is 25.4 Å². The fraction of sp³-hybridized carbons (Fsp3) is 0.308. The lowest BCUT2D eigenvalue weighted by atomic mass is 10.1. The van der Waals surface area contributed by atoms with E-state index in [-0.39, 0.29) is 0 Å². The van der Waals surface area contributed by atoms with E-state index >= 15 is 0 Å². The van der Waals surface area contributed by atoms with Gasteiger partial charge < -0.3 is 9.88 Å². The van der Waals surface area contributed by atoms with Gasteiger partial charge >= 0.3 is 0 Å². The second kappa shape index (κ2) is 4.94. The molecule has 1 aromatic carbocycles. The molecule has 2 aromatic rings. The van der Waals surface area contributed by atoms with Crippen LogP contribution in [0.15, 0.2) is 36.7 Å². The van der Waals surface area contributed by atoms with Crippen LogP contribution in [0.25, 0.3) is 5.69 Å². The number of hydrogen-bond acceptors (Lipinski definition) is 2. The van der Waals surface area contributed by atoms with Gasteiger partial charge in [-0.3, -0.25) is 0 Å². The predicted octanol–water partition coefficient (Wildman–Crippen LogP) is 2.15. The number of hydrogen-bond donors (Lipinski definition) is 1.